The molecule has 1 fully saturated rings. The summed E-state index contributed by atoms with van der Waals surface area (Å²) in [7, 11) is 0. The van der Waals surface area contributed by atoms with E-state index < -0.39 is 5.79 Å². The Labute approximate surface area is 159 Å². The summed E-state index contributed by atoms with van der Waals surface area (Å²) in [4.78, 5) is 0. The standard InChI is InChI=1S/C19H22O3.2C2H6/c1-2-19(17-11-7-4-8-12-17)21-15-18(22-19)14-20-13-16-9-5-3-6-10-16;2*1-2/h3-12,18H,2,13-15H2,1H3;2*1-2H3/t18-,19?;;/m0../s1. The Morgan fingerprint density at radius 3 is 2.08 bits per heavy atom. The normalized spacial score (nSPS) is 21.2. The van der Waals surface area contributed by atoms with Crippen molar-refractivity contribution in [1.82, 2.24) is 0 Å². The number of benzene rings is 2. The van der Waals surface area contributed by atoms with Gasteiger partial charge < -0.3 is 14.2 Å². The SMILES string of the molecule is CC.CC.CCC1(c2ccccc2)OC[C@H](COCc2ccccc2)O1. The molecule has 2 aromatic carbocycles. The van der Waals surface area contributed by atoms with E-state index in [4.69, 9.17) is 14.2 Å². The second-order valence-electron chi connectivity index (χ2n) is 5.52. The Kier molecular flexibility index (Phi) is 10.9. The summed E-state index contributed by atoms with van der Waals surface area (Å²) in [6.07, 6.45) is 0.760. The summed E-state index contributed by atoms with van der Waals surface area (Å²) in [6.45, 7) is 11.8. The van der Waals surface area contributed by atoms with Crippen LogP contribution in [0.1, 0.15) is 52.2 Å². The van der Waals surface area contributed by atoms with Gasteiger partial charge in [0.25, 0.3) is 0 Å². The largest absolute Gasteiger partial charge is 0.374 e. The van der Waals surface area contributed by atoms with E-state index in [0.717, 1.165) is 12.0 Å². The topological polar surface area (TPSA) is 27.7 Å². The maximum Gasteiger partial charge on any atom is 0.195 e. The molecule has 0 amide bonds. The van der Waals surface area contributed by atoms with Crippen LogP contribution in [-0.2, 0) is 26.6 Å². The molecule has 3 rings (SSSR count). The molecule has 1 aliphatic rings. The van der Waals surface area contributed by atoms with Crippen molar-refractivity contribution in [3.8, 4) is 0 Å². The molecular weight excluding hydrogens is 324 g/mol. The summed E-state index contributed by atoms with van der Waals surface area (Å²) in [6, 6.07) is 20.3. The van der Waals surface area contributed by atoms with Gasteiger partial charge >= 0.3 is 0 Å². The van der Waals surface area contributed by atoms with Gasteiger partial charge in [-0.2, -0.15) is 0 Å². The highest BCUT2D eigenvalue weighted by atomic mass is 16.7. The molecule has 0 aliphatic carbocycles. The van der Waals surface area contributed by atoms with E-state index >= 15 is 0 Å². The van der Waals surface area contributed by atoms with Crippen molar-refractivity contribution in [2.75, 3.05) is 13.2 Å². The van der Waals surface area contributed by atoms with Gasteiger partial charge in [-0.1, -0.05) is 95.3 Å². The van der Waals surface area contributed by atoms with Gasteiger partial charge in [0.05, 0.1) is 19.8 Å². The van der Waals surface area contributed by atoms with Crippen molar-refractivity contribution >= 4 is 0 Å². The Morgan fingerprint density at radius 2 is 1.50 bits per heavy atom. The molecule has 3 heteroatoms. The predicted molar refractivity (Wildman–Crippen MR) is 108 cm³/mol. The van der Waals surface area contributed by atoms with E-state index in [0.29, 0.717) is 19.8 Å². The molecule has 26 heavy (non-hydrogen) atoms. The third-order valence-electron chi connectivity index (χ3n) is 3.95. The first-order chi connectivity index (χ1) is 12.8. The zero-order valence-electron chi connectivity index (χ0n) is 16.9. The summed E-state index contributed by atoms with van der Waals surface area (Å²) in [5.74, 6) is -0.623. The fraction of sp³-hybridized carbons (Fsp3) is 0.478. The van der Waals surface area contributed by atoms with E-state index in [1.807, 2.05) is 64.1 Å². The number of rotatable bonds is 6. The molecular formula is C23H34O3. The molecule has 144 valence electrons. The van der Waals surface area contributed by atoms with Crippen molar-refractivity contribution < 1.29 is 14.2 Å². The number of hydrogen-bond acceptors (Lipinski definition) is 3. The lowest BCUT2D eigenvalue weighted by Gasteiger charge is -2.27. The Morgan fingerprint density at radius 1 is 0.923 bits per heavy atom. The molecule has 1 saturated heterocycles. The van der Waals surface area contributed by atoms with Crippen LogP contribution in [0.2, 0.25) is 0 Å². The highest BCUT2D eigenvalue weighted by Gasteiger charge is 2.41. The smallest absolute Gasteiger partial charge is 0.195 e. The molecule has 0 saturated carbocycles. The Balaban J connectivity index is 0.000000791. The highest BCUT2D eigenvalue weighted by Crippen LogP contribution is 2.37. The molecule has 1 unspecified atom stereocenters. The lowest BCUT2D eigenvalue weighted by Crippen LogP contribution is -2.28. The van der Waals surface area contributed by atoms with Crippen LogP contribution < -0.4 is 0 Å². The molecule has 1 heterocycles. The number of hydrogen-bond donors (Lipinski definition) is 0. The van der Waals surface area contributed by atoms with E-state index in [1.165, 1.54) is 5.56 Å². The fourth-order valence-electron chi connectivity index (χ4n) is 2.76. The second-order valence-corrected chi connectivity index (χ2v) is 5.52. The summed E-state index contributed by atoms with van der Waals surface area (Å²) >= 11 is 0. The minimum absolute atomic E-state index is 0.0242. The van der Waals surface area contributed by atoms with Crippen molar-refractivity contribution in [2.24, 2.45) is 0 Å². The average molecular weight is 359 g/mol. The molecule has 3 nitrogen and oxygen atoms in total. The number of ether oxygens (including phenoxy) is 3. The summed E-state index contributed by atoms with van der Waals surface area (Å²) < 4.78 is 17.9. The lowest BCUT2D eigenvalue weighted by atomic mass is 10.0. The van der Waals surface area contributed by atoms with Gasteiger partial charge in [0, 0.05) is 12.0 Å². The van der Waals surface area contributed by atoms with Crippen molar-refractivity contribution in [3.63, 3.8) is 0 Å². The van der Waals surface area contributed by atoms with E-state index in [9.17, 15) is 0 Å². The average Bonchev–Trinajstić information content (AvgIpc) is 3.17. The van der Waals surface area contributed by atoms with Gasteiger partial charge in [-0.15, -0.1) is 0 Å². The van der Waals surface area contributed by atoms with Gasteiger partial charge in [0.1, 0.15) is 6.10 Å². The third-order valence-corrected chi connectivity index (χ3v) is 3.95. The maximum absolute atomic E-state index is 6.17. The van der Waals surface area contributed by atoms with E-state index in [1.54, 1.807) is 0 Å². The van der Waals surface area contributed by atoms with Crippen molar-refractivity contribution in [2.45, 2.75) is 59.5 Å². The van der Waals surface area contributed by atoms with Crippen LogP contribution in [0.25, 0.3) is 0 Å². The fourth-order valence-corrected chi connectivity index (χ4v) is 2.76. The highest BCUT2D eigenvalue weighted by molar-refractivity contribution is 5.21. The zero-order chi connectivity index (χ0) is 19.3. The molecule has 0 bridgehead atoms. The minimum atomic E-state index is -0.623. The third kappa shape index (κ3) is 6.24. The van der Waals surface area contributed by atoms with Crippen molar-refractivity contribution in [3.05, 3.63) is 71.8 Å². The first-order valence-electron chi connectivity index (χ1n) is 9.81. The first-order valence-corrected chi connectivity index (χ1v) is 9.81. The lowest BCUT2D eigenvalue weighted by molar-refractivity contribution is -0.184. The monoisotopic (exact) mass is 358 g/mol. The quantitative estimate of drug-likeness (QED) is 0.640. The Hall–Kier alpha value is -1.68. The second kappa shape index (κ2) is 12.6. The van der Waals surface area contributed by atoms with Crippen LogP contribution >= 0.6 is 0 Å². The molecule has 0 spiro atoms. The van der Waals surface area contributed by atoms with Crippen LogP contribution in [-0.4, -0.2) is 19.3 Å². The van der Waals surface area contributed by atoms with Gasteiger partial charge in [-0.25, -0.2) is 0 Å². The van der Waals surface area contributed by atoms with Crippen LogP contribution in [0.15, 0.2) is 60.7 Å². The zero-order valence-corrected chi connectivity index (χ0v) is 16.9. The van der Waals surface area contributed by atoms with Gasteiger partial charge in [-0.3, -0.25) is 0 Å². The van der Waals surface area contributed by atoms with Crippen LogP contribution in [0, 0.1) is 0 Å². The van der Waals surface area contributed by atoms with E-state index in [2.05, 4.69) is 31.2 Å². The molecule has 0 radical (unpaired) electrons. The van der Waals surface area contributed by atoms with Gasteiger partial charge in [0.15, 0.2) is 5.79 Å². The van der Waals surface area contributed by atoms with Gasteiger partial charge in [-0.05, 0) is 5.56 Å². The van der Waals surface area contributed by atoms with Crippen LogP contribution in [0.5, 0.6) is 0 Å². The predicted octanol–water partition coefficient (Wildman–Crippen LogP) is 5.93. The van der Waals surface area contributed by atoms with Crippen LogP contribution in [0.4, 0.5) is 0 Å². The maximum atomic E-state index is 6.17. The molecule has 1 aliphatic heterocycles. The molecule has 2 atom stereocenters. The summed E-state index contributed by atoms with van der Waals surface area (Å²) in [5, 5.41) is 0. The molecule has 0 N–H and O–H groups in total. The molecule has 0 aromatic heterocycles. The minimum Gasteiger partial charge on any atom is -0.374 e. The Bertz CT molecular complexity index is 571. The first kappa shape index (κ1) is 22.4. The van der Waals surface area contributed by atoms with Crippen molar-refractivity contribution in [1.29, 1.82) is 0 Å². The molecule has 2 aromatic rings. The van der Waals surface area contributed by atoms with E-state index in [-0.39, 0.29) is 6.10 Å². The van der Waals surface area contributed by atoms with Gasteiger partial charge in [0.2, 0.25) is 0 Å². The van der Waals surface area contributed by atoms with Crippen LogP contribution in [0.3, 0.4) is 0 Å². The summed E-state index contributed by atoms with van der Waals surface area (Å²) in [5.41, 5.74) is 2.24.